The van der Waals surface area contributed by atoms with Crippen molar-refractivity contribution < 1.29 is 9.53 Å². The van der Waals surface area contributed by atoms with Crippen LogP contribution >= 0.6 is 11.6 Å². The Hall–Kier alpha value is -1.66. The maximum Gasteiger partial charge on any atom is 0.337 e. The minimum atomic E-state index is -0.462. The summed E-state index contributed by atoms with van der Waals surface area (Å²) in [6.07, 6.45) is 0. The van der Waals surface area contributed by atoms with Gasteiger partial charge in [-0.15, -0.1) is 5.92 Å². The fourth-order valence-corrected chi connectivity index (χ4v) is 1.31. The van der Waals surface area contributed by atoms with Crippen LogP contribution in [0.25, 0.3) is 0 Å². The summed E-state index contributed by atoms with van der Waals surface area (Å²) >= 11 is 5.86. The maximum absolute atomic E-state index is 11.3. The summed E-state index contributed by atoms with van der Waals surface area (Å²) in [5.74, 6) is 5.00. The number of hydrogen-bond acceptors (Lipinski definition) is 3. The smallest absolute Gasteiger partial charge is 0.337 e. The van der Waals surface area contributed by atoms with E-state index in [0.717, 1.165) is 0 Å². The van der Waals surface area contributed by atoms with E-state index in [9.17, 15) is 4.79 Å². The molecule has 1 rings (SSSR count). The summed E-state index contributed by atoms with van der Waals surface area (Å²) < 4.78 is 4.58. The molecule has 0 fully saturated rings. The number of benzene rings is 1. The summed E-state index contributed by atoms with van der Waals surface area (Å²) in [7, 11) is 1.30. The van der Waals surface area contributed by atoms with Crippen molar-refractivity contribution >= 4 is 23.3 Å². The zero-order valence-electron chi connectivity index (χ0n) is 8.43. The maximum atomic E-state index is 11.3. The first-order valence-corrected chi connectivity index (χ1v) is 4.58. The van der Waals surface area contributed by atoms with Crippen molar-refractivity contribution in [3.63, 3.8) is 0 Å². The van der Waals surface area contributed by atoms with Crippen LogP contribution < -0.4 is 5.73 Å². The molecule has 0 heterocycles. The number of hydrogen-bond donors (Lipinski definition) is 1. The van der Waals surface area contributed by atoms with Crippen LogP contribution in [-0.4, -0.2) is 13.1 Å². The normalized spacial score (nSPS) is 9.00. The van der Waals surface area contributed by atoms with Gasteiger partial charge < -0.3 is 10.5 Å². The minimum Gasteiger partial charge on any atom is -0.465 e. The number of ether oxygens (including phenoxy) is 1. The molecule has 2 N–H and O–H groups in total. The number of methoxy groups -OCH3 is 1. The number of nitrogens with two attached hydrogens (primary N) is 1. The fourth-order valence-electron chi connectivity index (χ4n) is 1.09. The SMILES string of the molecule is CC#Cc1cc(C(=O)OC)cc(Cl)c1N. The topological polar surface area (TPSA) is 52.3 Å². The molecule has 0 aliphatic rings. The summed E-state index contributed by atoms with van der Waals surface area (Å²) in [6, 6.07) is 3.02. The average Bonchev–Trinajstić information content (AvgIpc) is 2.23. The van der Waals surface area contributed by atoms with E-state index in [2.05, 4.69) is 16.6 Å². The number of halogens is 1. The van der Waals surface area contributed by atoms with Crippen molar-refractivity contribution in [1.82, 2.24) is 0 Å². The highest BCUT2D eigenvalue weighted by Crippen LogP contribution is 2.24. The Kier molecular flexibility index (Phi) is 3.59. The van der Waals surface area contributed by atoms with Gasteiger partial charge in [0.1, 0.15) is 0 Å². The number of nitrogen functional groups attached to an aromatic ring is 1. The molecule has 0 saturated heterocycles. The monoisotopic (exact) mass is 223 g/mol. The third kappa shape index (κ3) is 2.42. The first kappa shape index (κ1) is 11.4. The lowest BCUT2D eigenvalue weighted by molar-refractivity contribution is 0.0600. The molecule has 0 aliphatic heterocycles. The molecule has 0 spiro atoms. The second-order valence-electron chi connectivity index (χ2n) is 2.79. The van der Waals surface area contributed by atoms with Gasteiger partial charge in [-0.25, -0.2) is 4.79 Å². The van der Waals surface area contributed by atoms with Gasteiger partial charge in [-0.2, -0.15) is 0 Å². The van der Waals surface area contributed by atoms with Crippen LogP contribution in [0.3, 0.4) is 0 Å². The molecule has 0 atom stereocenters. The number of rotatable bonds is 1. The van der Waals surface area contributed by atoms with Crippen LogP contribution in [0.5, 0.6) is 0 Å². The standard InChI is InChI=1S/C11H10ClNO2/c1-3-4-7-5-8(11(14)15-2)6-9(12)10(7)13/h5-6H,13H2,1-2H3. The fraction of sp³-hybridized carbons (Fsp3) is 0.182. The van der Waals surface area contributed by atoms with E-state index in [1.54, 1.807) is 13.0 Å². The van der Waals surface area contributed by atoms with E-state index in [1.807, 2.05) is 0 Å². The average molecular weight is 224 g/mol. The molecule has 4 heteroatoms. The second-order valence-corrected chi connectivity index (χ2v) is 3.19. The molecule has 15 heavy (non-hydrogen) atoms. The predicted octanol–water partition coefficient (Wildman–Crippen LogP) is 2.08. The Labute approximate surface area is 93.2 Å². The number of carbonyl (C=O) groups excluding carboxylic acids is 1. The molecule has 0 bridgehead atoms. The number of anilines is 1. The van der Waals surface area contributed by atoms with Gasteiger partial charge in [0, 0.05) is 5.56 Å². The Balaban J connectivity index is 3.33. The summed E-state index contributed by atoms with van der Waals surface area (Å²) in [6.45, 7) is 1.68. The van der Waals surface area contributed by atoms with Gasteiger partial charge in [0.25, 0.3) is 0 Å². The molecular formula is C11H10ClNO2. The summed E-state index contributed by atoms with van der Waals surface area (Å²) in [5, 5.41) is 0.302. The van der Waals surface area contributed by atoms with Crippen LogP contribution in [-0.2, 0) is 4.74 Å². The van der Waals surface area contributed by atoms with Gasteiger partial charge in [-0.05, 0) is 19.1 Å². The van der Waals surface area contributed by atoms with E-state index >= 15 is 0 Å². The van der Waals surface area contributed by atoms with Crippen LogP contribution in [0.4, 0.5) is 5.69 Å². The molecular weight excluding hydrogens is 214 g/mol. The molecule has 0 saturated carbocycles. The lowest BCUT2D eigenvalue weighted by atomic mass is 10.1. The number of esters is 1. The van der Waals surface area contributed by atoms with Crippen molar-refractivity contribution in [3.8, 4) is 11.8 Å². The van der Waals surface area contributed by atoms with Gasteiger partial charge in [0.2, 0.25) is 0 Å². The van der Waals surface area contributed by atoms with Crippen molar-refractivity contribution in [3.05, 3.63) is 28.3 Å². The Morgan fingerprint density at radius 2 is 2.20 bits per heavy atom. The van der Waals surface area contributed by atoms with Gasteiger partial charge in [-0.3, -0.25) is 0 Å². The van der Waals surface area contributed by atoms with Crippen LogP contribution in [0, 0.1) is 11.8 Å². The van der Waals surface area contributed by atoms with E-state index in [0.29, 0.717) is 21.8 Å². The molecule has 1 aromatic carbocycles. The minimum absolute atomic E-state index is 0.302. The summed E-state index contributed by atoms with van der Waals surface area (Å²) in [4.78, 5) is 11.3. The molecule has 0 unspecified atom stereocenters. The highest BCUT2D eigenvalue weighted by Gasteiger charge is 2.10. The largest absolute Gasteiger partial charge is 0.465 e. The Morgan fingerprint density at radius 1 is 1.53 bits per heavy atom. The Morgan fingerprint density at radius 3 is 2.73 bits per heavy atom. The summed E-state index contributed by atoms with van der Waals surface area (Å²) in [5.41, 5.74) is 6.94. The van der Waals surface area contributed by atoms with Crippen LogP contribution in [0.1, 0.15) is 22.8 Å². The van der Waals surface area contributed by atoms with E-state index in [4.69, 9.17) is 17.3 Å². The molecule has 1 aromatic rings. The van der Waals surface area contributed by atoms with Gasteiger partial charge in [0.15, 0.2) is 0 Å². The molecule has 0 amide bonds. The zero-order chi connectivity index (χ0) is 11.4. The third-order valence-corrected chi connectivity index (χ3v) is 2.12. The molecule has 0 aromatic heterocycles. The van der Waals surface area contributed by atoms with Gasteiger partial charge in [-0.1, -0.05) is 17.5 Å². The highest BCUT2D eigenvalue weighted by molar-refractivity contribution is 6.33. The quantitative estimate of drug-likeness (QED) is 0.451. The van der Waals surface area contributed by atoms with Crippen molar-refractivity contribution in [1.29, 1.82) is 0 Å². The zero-order valence-corrected chi connectivity index (χ0v) is 9.18. The molecule has 0 radical (unpaired) electrons. The first-order chi connectivity index (χ1) is 7.10. The first-order valence-electron chi connectivity index (χ1n) is 4.20. The van der Waals surface area contributed by atoms with Crippen LogP contribution in [0.15, 0.2) is 12.1 Å². The second kappa shape index (κ2) is 4.72. The lowest BCUT2D eigenvalue weighted by Gasteiger charge is -2.05. The van der Waals surface area contributed by atoms with Crippen molar-refractivity contribution in [2.45, 2.75) is 6.92 Å². The van der Waals surface area contributed by atoms with Gasteiger partial charge in [0.05, 0.1) is 23.4 Å². The van der Waals surface area contributed by atoms with E-state index < -0.39 is 5.97 Å². The Bertz CT molecular complexity index is 458. The third-order valence-electron chi connectivity index (χ3n) is 1.81. The van der Waals surface area contributed by atoms with E-state index in [1.165, 1.54) is 13.2 Å². The lowest BCUT2D eigenvalue weighted by Crippen LogP contribution is -2.03. The van der Waals surface area contributed by atoms with Crippen molar-refractivity contribution in [2.75, 3.05) is 12.8 Å². The molecule has 78 valence electrons. The van der Waals surface area contributed by atoms with Gasteiger partial charge >= 0.3 is 5.97 Å². The molecule has 3 nitrogen and oxygen atoms in total. The molecule has 0 aliphatic carbocycles. The highest BCUT2D eigenvalue weighted by atomic mass is 35.5. The van der Waals surface area contributed by atoms with Crippen LogP contribution in [0.2, 0.25) is 5.02 Å². The van der Waals surface area contributed by atoms with E-state index in [-0.39, 0.29) is 0 Å². The number of carbonyl (C=O) groups is 1. The van der Waals surface area contributed by atoms with Crippen molar-refractivity contribution in [2.24, 2.45) is 0 Å². The predicted molar refractivity (Wildman–Crippen MR) is 59.8 cm³/mol.